The summed E-state index contributed by atoms with van der Waals surface area (Å²) in [5, 5.41) is 31.9. The Morgan fingerprint density at radius 2 is 0.947 bits per heavy atom. The Morgan fingerprint density at radius 3 is 1.37 bits per heavy atom. The van der Waals surface area contributed by atoms with Crippen LogP contribution in [0.3, 0.4) is 0 Å². The number of anilines is 2. The molecule has 4 aromatic carbocycles. The van der Waals surface area contributed by atoms with Gasteiger partial charge in [-0.3, -0.25) is 9.59 Å². The largest absolute Gasteiger partial charge is 0.508 e. The molecular formula is C28H22Br2N4O4. The lowest BCUT2D eigenvalue weighted by Crippen LogP contribution is -2.38. The molecule has 10 heteroatoms. The number of carbonyl (C=O) groups excluding carboxylic acids is 2. The smallest absolute Gasteiger partial charge is 0.255 e. The molecule has 192 valence electrons. The second-order valence-corrected chi connectivity index (χ2v) is 10.4. The highest BCUT2D eigenvalue weighted by Gasteiger charge is 2.27. The third-order valence-corrected chi connectivity index (χ3v) is 7.08. The van der Waals surface area contributed by atoms with E-state index in [1.54, 1.807) is 48.5 Å². The van der Waals surface area contributed by atoms with Crippen LogP contribution in [-0.4, -0.2) is 22.0 Å². The molecule has 2 aliphatic heterocycles. The minimum atomic E-state index is -0.445. The molecule has 4 aromatic rings. The first kappa shape index (κ1) is 25.6. The molecule has 0 saturated carbocycles. The molecule has 2 amide bonds. The van der Waals surface area contributed by atoms with Gasteiger partial charge in [-0.25, -0.2) is 0 Å². The van der Waals surface area contributed by atoms with Crippen LogP contribution < -0.4 is 21.3 Å². The predicted octanol–water partition coefficient (Wildman–Crippen LogP) is 6.02. The van der Waals surface area contributed by atoms with Crippen molar-refractivity contribution in [2.24, 2.45) is 0 Å². The Hall–Kier alpha value is -4.02. The van der Waals surface area contributed by atoms with Gasteiger partial charge in [0.05, 0.1) is 11.1 Å². The van der Waals surface area contributed by atoms with Crippen LogP contribution in [0.1, 0.15) is 44.2 Å². The molecule has 6 rings (SSSR count). The quantitative estimate of drug-likeness (QED) is 0.160. The van der Waals surface area contributed by atoms with Crippen LogP contribution in [0.5, 0.6) is 11.5 Å². The average Bonchev–Trinajstić information content (AvgIpc) is 2.92. The molecule has 0 spiro atoms. The molecule has 0 aromatic heterocycles. The standard InChI is InChI=1S/2C14H11BrN2O2/c2*15-8-5-6-12(18)10(7-8)13-16-11-4-2-1-3-9(11)14(19)17-13/h2*1-7,13,16,18H,(H,17,19)/t2*13-/m00/s1. The lowest BCUT2D eigenvalue weighted by Gasteiger charge is -2.28. The normalized spacial score (nSPS) is 17.3. The van der Waals surface area contributed by atoms with Gasteiger partial charge >= 0.3 is 0 Å². The lowest BCUT2D eigenvalue weighted by atomic mass is 10.1. The average molecular weight is 638 g/mol. The first-order valence-electron chi connectivity index (χ1n) is 11.6. The van der Waals surface area contributed by atoms with E-state index in [0.29, 0.717) is 22.3 Å². The van der Waals surface area contributed by atoms with E-state index in [9.17, 15) is 19.8 Å². The van der Waals surface area contributed by atoms with E-state index in [1.165, 1.54) is 0 Å². The minimum absolute atomic E-state index is 0.139. The van der Waals surface area contributed by atoms with Crippen molar-refractivity contribution in [3.05, 3.63) is 116 Å². The third kappa shape index (κ3) is 5.32. The summed E-state index contributed by atoms with van der Waals surface area (Å²) in [6.07, 6.45) is -0.889. The molecule has 38 heavy (non-hydrogen) atoms. The maximum atomic E-state index is 12.0. The van der Waals surface area contributed by atoms with Gasteiger partial charge in [-0.15, -0.1) is 0 Å². The number of phenols is 2. The van der Waals surface area contributed by atoms with Gasteiger partial charge in [0.25, 0.3) is 11.8 Å². The van der Waals surface area contributed by atoms with Crippen molar-refractivity contribution in [3.8, 4) is 11.5 Å². The summed E-state index contributed by atoms with van der Waals surface area (Å²) in [6, 6.07) is 24.8. The molecule has 2 aliphatic rings. The molecule has 2 heterocycles. The van der Waals surface area contributed by atoms with Gasteiger partial charge in [-0.2, -0.15) is 0 Å². The summed E-state index contributed by atoms with van der Waals surface area (Å²) in [5.74, 6) is -0.0294. The molecule has 0 fully saturated rings. The van der Waals surface area contributed by atoms with E-state index < -0.39 is 12.3 Å². The van der Waals surface area contributed by atoms with E-state index in [0.717, 1.165) is 20.3 Å². The zero-order valence-corrected chi connectivity index (χ0v) is 22.9. The summed E-state index contributed by atoms with van der Waals surface area (Å²) in [7, 11) is 0. The summed E-state index contributed by atoms with van der Waals surface area (Å²) < 4.78 is 1.69. The molecule has 8 nitrogen and oxygen atoms in total. The molecule has 0 radical (unpaired) electrons. The van der Waals surface area contributed by atoms with Crippen molar-refractivity contribution in [1.82, 2.24) is 10.6 Å². The fraction of sp³-hybridized carbons (Fsp3) is 0.0714. The van der Waals surface area contributed by atoms with Crippen LogP contribution in [0.15, 0.2) is 93.9 Å². The van der Waals surface area contributed by atoms with Gasteiger partial charge < -0.3 is 31.5 Å². The highest BCUT2D eigenvalue weighted by molar-refractivity contribution is 9.10. The Labute approximate surface area is 235 Å². The Morgan fingerprint density at radius 1 is 0.553 bits per heavy atom. The number of rotatable bonds is 2. The Kier molecular flexibility index (Phi) is 7.26. The predicted molar refractivity (Wildman–Crippen MR) is 152 cm³/mol. The SMILES string of the molecule is O=C1N[C@@H](c2cc(Br)ccc2O)Nc2ccccc21.O=C1N[C@@H](c2cc(Br)ccc2O)Nc2ccccc21. The summed E-state index contributed by atoms with van der Waals surface area (Å²) in [5.41, 5.74) is 3.97. The van der Waals surface area contributed by atoms with Crippen LogP contribution in [0.25, 0.3) is 0 Å². The van der Waals surface area contributed by atoms with Crippen LogP contribution >= 0.6 is 31.9 Å². The van der Waals surface area contributed by atoms with Gasteiger partial charge in [0, 0.05) is 31.4 Å². The van der Waals surface area contributed by atoms with Crippen LogP contribution in [0.4, 0.5) is 11.4 Å². The topological polar surface area (TPSA) is 123 Å². The lowest BCUT2D eigenvalue weighted by molar-refractivity contribution is 0.0927. The summed E-state index contributed by atoms with van der Waals surface area (Å²) >= 11 is 6.72. The number of aromatic hydroxyl groups is 2. The Bertz CT molecular complexity index is 1430. The second kappa shape index (κ2) is 10.8. The first-order valence-corrected chi connectivity index (χ1v) is 13.2. The van der Waals surface area contributed by atoms with Crippen molar-refractivity contribution in [3.63, 3.8) is 0 Å². The molecule has 0 aliphatic carbocycles. The van der Waals surface area contributed by atoms with Crippen molar-refractivity contribution >= 4 is 55.0 Å². The first-order chi connectivity index (χ1) is 18.3. The fourth-order valence-electron chi connectivity index (χ4n) is 4.24. The number of phenolic OH excluding ortho intramolecular Hbond substituents is 2. The fourth-order valence-corrected chi connectivity index (χ4v) is 5.00. The number of nitrogens with one attached hydrogen (secondary N) is 4. The van der Waals surface area contributed by atoms with Crippen molar-refractivity contribution in [2.75, 3.05) is 10.6 Å². The number of hydrogen-bond donors (Lipinski definition) is 6. The van der Waals surface area contributed by atoms with E-state index in [4.69, 9.17) is 0 Å². The molecule has 0 unspecified atom stereocenters. The number of hydrogen-bond acceptors (Lipinski definition) is 6. The number of amides is 2. The minimum Gasteiger partial charge on any atom is -0.508 e. The highest BCUT2D eigenvalue weighted by Crippen LogP contribution is 2.33. The number of benzene rings is 4. The van der Waals surface area contributed by atoms with Gasteiger partial charge in [-0.05, 0) is 60.7 Å². The van der Waals surface area contributed by atoms with Crippen LogP contribution in [-0.2, 0) is 0 Å². The maximum absolute atomic E-state index is 12.0. The van der Waals surface area contributed by atoms with Gasteiger partial charge in [0.2, 0.25) is 0 Å². The second-order valence-electron chi connectivity index (χ2n) is 8.60. The van der Waals surface area contributed by atoms with Gasteiger partial charge in [-0.1, -0.05) is 56.1 Å². The van der Waals surface area contributed by atoms with Crippen molar-refractivity contribution in [1.29, 1.82) is 0 Å². The van der Waals surface area contributed by atoms with E-state index >= 15 is 0 Å². The molecule has 0 bridgehead atoms. The number of carbonyl (C=O) groups is 2. The molecule has 6 N–H and O–H groups in total. The summed E-state index contributed by atoms with van der Waals surface area (Å²) in [6.45, 7) is 0. The Balaban J connectivity index is 0.000000155. The van der Waals surface area contributed by atoms with Crippen LogP contribution in [0, 0.1) is 0 Å². The van der Waals surface area contributed by atoms with E-state index in [1.807, 2.05) is 36.4 Å². The van der Waals surface area contributed by atoms with Gasteiger partial charge in [0.15, 0.2) is 0 Å². The van der Waals surface area contributed by atoms with E-state index in [-0.39, 0.29) is 23.3 Å². The van der Waals surface area contributed by atoms with E-state index in [2.05, 4.69) is 53.1 Å². The molecule has 2 atom stereocenters. The zero-order valence-electron chi connectivity index (χ0n) is 19.7. The number of halogens is 2. The number of fused-ring (bicyclic) bond motifs is 2. The third-order valence-electron chi connectivity index (χ3n) is 6.10. The zero-order chi connectivity index (χ0) is 26.8. The van der Waals surface area contributed by atoms with Crippen molar-refractivity contribution < 1.29 is 19.8 Å². The molecule has 0 saturated heterocycles. The van der Waals surface area contributed by atoms with Crippen molar-refractivity contribution in [2.45, 2.75) is 12.3 Å². The summed E-state index contributed by atoms with van der Waals surface area (Å²) in [4.78, 5) is 24.0. The molecular weight excluding hydrogens is 616 g/mol. The maximum Gasteiger partial charge on any atom is 0.255 e. The monoisotopic (exact) mass is 636 g/mol. The van der Waals surface area contributed by atoms with Gasteiger partial charge in [0.1, 0.15) is 23.8 Å². The number of para-hydroxylation sites is 2. The van der Waals surface area contributed by atoms with Crippen LogP contribution in [0.2, 0.25) is 0 Å². The highest BCUT2D eigenvalue weighted by atomic mass is 79.9.